The molecular weight excluding hydrogens is 306 g/mol. The minimum absolute atomic E-state index is 0.172. The maximum absolute atomic E-state index is 11.9. The van der Waals surface area contributed by atoms with Crippen LogP contribution in [-0.4, -0.2) is 18.7 Å². The fourth-order valence-electron chi connectivity index (χ4n) is 2.30. The van der Waals surface area contributed by atoms with Gasteiger partial charge in [0, 0.05) is 18.6 Å². The summed E-state index contributed by atoms with van der Waals surface area (Å²) in [4.78, 5) is 11.8. The van der Waals surface area contributed by atoms with E-state index in [1.54, 1.807) is 19.2 Å². The number of aromatic nitrogens is 1. The minimum atomic E-state index is -0.518. The van der Waals surface area contributed by atoms with Gasteiger partial charge in [0.05, 0.1) is 13.5 Å². The first-order valence-electron chi connectivity index (χ1n) is 7.87. The van der Waals surface area contributed by atoms with E-state index in [1.807, 2.05) is 45.0 Å². The predicted octanol–water partition coefficient (Wildman–Crippen LogP) is 3.27. The zero-order valence-electron chi connectivity index (χ0n) is 14.5. The van der Waals surface area contributed by atoms with Crippen LogP contribution in [-0.2, 0) is 16.0 Å². The zero-order chi connectivity index (χ0) is 17.7. The summed E-state index contributed by atoms with van der Waals surface area (Å²) in [5, 5.41) is 11.9. The Hall–Kier alpha value is -2.56. The van der Waals surface area contributed by atoms with Crippen LogP contribution in [0.5, 0.6) is 5.75 Å². The summed E-state index contributed by atoms with van der Waals surface area (Å²) in [5.74, 6) is 0.469. The van der Waals surface area contributed by atoms with Crippen LogP contribution in [0.1, 0.15) is 32.9 Å². The van der Waals surface area contributed by atoms with Gasteiger partial charge in [0.25, 0.3) is 0 Å². The van der Waals surface area contributed by atoms with Crippen LogP contribution in [0, 0.1) is 5.21 Å². The molecule has 2 aromatic rings. The van der Waals surface area contributed by atoms with Gasteiger partial charge >= 0.3 is 5.97 Å². The van der Waals surface area contributed by atoms with Gasteiger partial charge < -0.3 is 14.7 Å². The molecule has 5 heteroatoms. The number of carbonyl (C=O) groups is 1. The second-order valence-corrected chi connectivity index (χ2v) is 6.55. The number of carbonyl (C=O) groups excluding carboxylic acids is 1. The van der Waals surface area contributed by atoms with Crippen molar-refractivity contribution >= 4 is 5.97 Å². The smallest absolute Gasteiger partial charge is 0.306 e. The Morgan fingerprint density at radius 2 is 1.79 bits per heavy atom. The van der Waals surface area contributed by atoms with Crippen molar-refractivity contribution in [2.24, 2.45) is 0 Å². The Bertz CT molecular complexity index is 702. The fraction of sp³-hybridized carbons (Fsp3) is 0.368. The standard InChI is InChI=1S/C19H23NO4/c1-19(2,3)24-18(21)10-7-16-13-15(11-12-20(16)22)14-5-8-17(23-4)9-6-14/h5-6,8-9,11-13H,7,10H2,1-4H3. The molecule has 0 aliphatic carbocycles. The number of hydrogen-bond donors (Lipinski definition) is 0. The number of methoxy groups -OCH3 is 1. The number of pyridine rings is 1. The Morgan fingerprint density at radius 3 is 2.38 bits per heavy atom. The first-order valence-corrected chi connectivity index (χ1v) is 7.87. The van der Waals surface area contributed by atoms with Gasteiger partial charge in [0.15, 0.2) is 11.9 Å². The summed E-state index contributed by atoms with van der Waals surface area (Å²) in [6.07, 6.45) is 1.97. The van der Waals surface area contributed by atoms with E-state index in [4.69, 9.17) is 9.47 Å². The molecule has 0 aliphatic rings. The van der Waals surface area contributed by atoms with Crippen LogP contribution >= 0.6 is 0 Å². The number of hydrogen-bond acceptors (Lipinski definition) is 4. The van der Waals surface area contributed by atoms with E-state index in [2.05, 4.69) is 0 Å². The SMILES string of the molecule is COc1ccc(-c2cc[n+]([O-])c(CCC(=O)OC(C)(C)C)c2)cc1. The minimum Gasteiger partial charge on any atom is -0.619 e. The Kier molecular flexibility index (Phi) is 5.44. The van der Waals surface area contributed by atoms with Gasteiger partial charge in [-0.1, -0.05) is 12.1 Å². The van der Waals surface area contributed by atoms with Crippen LogP contribution < -0.4 is 9.47 Å². The quantitative estimate of drug-likeness (QED) is 0.480. The molecule has 0 saturated heterocycles. The molecule has 0 atom stereocenters. The zero-order valence-corrected chi connectivity index (χ0v) is 14.5. The third kappa shape index (κ3) is 4.98. The molecule has 0 aliphatic heterocycles. The maximum Gasteiger partial charge on any atom is 0.306 e. The lowest BCUT2D eigenvalue weighted by atomic mass is 10.0. The molecule has 0 N–H and O–H groups in total. The normalized spacial score (nSPS) is 11.2. The molecule has 0 radical (unpaired) electrons. The van der Waals surface area contributed by atoms with Gasteiger partial charge in [-0.15, -0.1) is 0 Å². The average Bonchev–Trinajstić information content (AvgIpc) is 2.52. The molecule has 1 aromatic carbocycles. The van der Waals surface area contributed by atoms with Crippen LogP contribution in [0.4, 0.5) is 0 Å². The molecular formula is C19H23NO4. The molecule has 2 rings (SSSR count). The van der Waals surface area contributed by atoms with Crippen molar-refractivity contribution in [1.29, 1.82) is 0 Å². The lowest BCUT2D eigenvalue weighted by molar-refractivity contribution is -0.613. The Labute approximate surface area is 142 Å². The van der Waals surface area contributed by atoms with Crippen molar-refractivity contribution in [3.8, 4) is 16.9 Å². The highest BCUT2D eigenvalue weighted by atomic mass is 16.6. The summed E-state index contributed by atoms with van der Waals surface area (Å²) in [7, 11) is 1.62. The van der Waals surface area contributed by atoms with Crippen molar-refractivity contribution in [3.05, 3.63) is 53.5 Å². The number of esters is 1. The van der Waals surface area contributed by atoms with E-state index < -0.39 is 5.60 Å². The summed E-state index contributed by atoms with van der Waals surface area (Å²) in [6, 6.07) is 11.2. The molecule has 0 spiro atoms. The van der Waals surface area contributed by atoms with Gasteiger partial charge in [-0.05, 0) is 44.0 Å². The summed E-state index contributed by atoms with van der Waals surface area (Å²) in [6.45, 7) is 5.47. The van der Waals surface area contributed by atoms with E-state index in [1.165, 1.54) is 6.20 Å². The maximum atomic E-state index is 11.9. The Morgan fingerprint density at radius 1 is 1.12 bits per heavy atom. The van der Waals surface area contributed by atoms with Gasteiger partial charge in [0.2, 0.25) is 0 Å². The van der Waals surface area contributed by atoms with Gasteiger partial charge in [-0.25, -0.2) is 0 Å². The molecule has 0 unspecified atom stereocenters. The Balaban J connectivity index is 2.12. The predicted molar refractivity (Wildman–Crippen MR) is 91.6 cm³/mol. The van der Waals surface area contributed by atoms with Crippen LogP contribution in [0.15, 0.2) is 42.6 Å². The molecule has 5 nitrogen and oxygen atoms in total. The van der Waals surface area contributed by atoms with Crippen LogP contribution in [0.25, 0.3) is 11.1 Å². The van der Waals surface area contributed by atoms with Crippen molar-refractivity contribution < 1.29 is 19.0 Å². The van der Waals surface area contributed by atoms with E-state index in [-0.39, 0.29) is 12.4 Å². The third-order valence-corrected chi connectivity index (χ3v) is 3.42. The first kappa shape index (κ1) is 17.8. The highest BCUT2D eigenvalue weighted by Gasteiger charge is 2.18. The number of aryl methyl sites for hydroxylation is 1. The lowest BCUT2D eigenvalue weighted by Crippen LogP contribution is -2.32. The summed E-state index contributed by atoms with van der Waals surface area (Å²) in [5.41, 5.74) is 1.92. The van der Waals surface area contributed by atoms with Crippen molar-refractivity contribution in [1.82, 2.24) is 0 Å². The van der Waals surface area contributed by atoms with Crippen LogP contribution in [0.2, 0.25) is 0 Å². The van der Waals surface area contributed by atoms with Crippen molar-refractivity contribution in [2.75, 3.05) is 7.11 Å². The highest BCUT2D eigenvalue weighted by molar-refractivity contribution is 5.70. The van der Waals surface area contributed by atoms with Crippen LogP contribution in [0.3, 0.4) is 0 Å². The largest absolute Gasteiger partial charge is 0.619 e. The topological polar surface area (TPSA) is 62.5 Å². The number of benzene rings is 1. The monoisotopic (exact) mass is 329 g/mol. The van der Waals surface area contributed by atoms with E-state index in [0.717, 1.165) is 21.6 Å². The van der Waals surface area contributed by atoms with Gasteiger partial charge in [-0.2, -0.15) is 4.73 Å². The second-order valence-electron chi connectivity index (χ2n) is 6.55. The lowest BCUT2D eigenvalue weighted by Gasteiger charge is -2.19. The van der Waals surface area contributed by atoms with E-state index >= 15 is 0 Å². The van der Waals surface area contributed by atoms with Gasteiger partial charge in [0.1, 0.15) is 11.4 Å². The number of nitrogens with zero attached hydrogens (tertiary/aromatic N) is 1. The first-order chi connectivity index (χ1) is 11.3. The molecule has 0 fully saturated rings. The molecule has 0 bridgehead atoms. The fourth-order valence-corrected chi connectivity index (χ4v) is 2.30. The van der Waals surface area contributed by atoms with Crippen molar-refractivity contribution in [2.45, 2.75) is 39.2 Å². The van der Waals surface area contributed by atoms with Gasteiger partial charge in [-0.3, -0.25) is 4.79 Å². The highest BCUT2D eigenvalue weighted by Crippen LogP contribution is 2.22. The molecule has 128 valence electrons. The molecule has 1 heterocycles. The molecule has 24 heavy (non-hydrogen) atoms. The summed E-state index contributed by atoms with van der Waals surface area (Å²) < 4.78 is 11.2. The van der Waals surface area contributed by atoms with E-state index in [0.29, 0.717) is 12.1 Å². The third-order valence-electron chi connectivity index (χ3n) is 3.42. The molecule has 1 aromatic heterocycles. The average molecular weight is 329 g/mol. The number of ether oxygens (including phenoxy) is 2. The molecule has 0 amide bonds. The number of rotatable bonds is 5. The summed E-state index contributed by atoms with van der Waals surface area (Å²) >= 11 is 0. The van der Waals surface area contributed by atoms with E-state index in [9.17, 15) is 10.0 Å². The second kappa shape index (κ2) is 7.34. The molecule has 0 saturated carbocycles. The van der Waals surface area contributed by atoms with Crippen molar-refractivity contribution in [3.63, 3.8) is 0 Å².